The van der Waals surface area contributed by atoms with Crippen LogP contribution in [0.5, 0.6) is 0 Å². The molecule has 0 radical (unpaired) electrons. The highest BCUT2D eigenvalue weighted by atomic mass is 16.4. The number of carboxylic acids is 1. The van der Waals surface area contributed by atoms with E-state index in [4.69, 9.17) is 5.11 Å². The summed E-state index contributed by atoms with van der Waals surface area (Å²) in [5.41, 5.74) is 1.19. The molecule has 4 heteroatoms. The first-order chi connectivity index (χ1) is 8.72. The van der Waals surface area contributed by atoms with Crippen LogP contribution in [0.2, 0.25) is 0 Å². The van der Waals surface area contributed by atoms with E-state index in [0.717, 1.165) is 31.4 Å². The molecule has 0 saturated carbocycles. The van der Waals surface area contributed by atoms with Crippen LogP contribution >= 0.6 is 0 Å². The summed E-state index contributed by atoms with van der Waals surface area (Å²) in [6.45, 7) is 1.68. The fraction of sp³-hybridized carbons (Fsp3) is 0.500. The fourth-order valence-electron chi connectivity index (χ4n) is 2.56. The number of benzene rings is 1. The molecule has 2 rings (SSSR count). The zero-order valence-corrected chi connectivity index (χ0v) is 10.4. The maximum atomic E-state index is 11.1. The third-order valence-corrected chi connectivity index (χ3v) is 3.58. The van der Waals surface area contributed by atoms with Crippen molar-refractivity contribution in [2.45, 2.75) is 31.8 Å². The number of carboxylic acid groups (broad SMARTS) is 1. The van der Waals surface area contributed by atoms with Gasteiger partial charge in [-0.25, -0.2) is 4.79 Å². The van der Waals surface area contributed by atoms with Crippen molar-refractivity contribution in [2.24, 2.45) is 0 Å². The van der Waals surface area contributed by atoms with Crippen LogP contribution < -0.4 is 0 Å². The first-order valence-corrected chi connectivity index (χ1v) is 6.38. The van der Waals surface area contributed by atoms with Gasteiger partial charge in [-0.15, -0.1) is 0 Å². The molecule has 98 valence electrons. The van der Waals surface area contributed by atoms with Gasteiger partial charge in [0, 0.05) is 12.6 Å². The molecule has 1 heterocycles. The molecule has 0 bridgehead atoms. The van der Waals surface area contributed by atoms with Crippen LogP contribution in [0.25, 0.3) is 0 Å². The highest BCUT2D eigenvalue weighted by Crippen LogP contribution is 2.20. The van der Waals surface area contributed by atoms with Gasteiger partial charge in [-0.1, -0.05) is 24.6 Å². The minimum Gasteiger partial charge on any atom is -0.478 e. The van der Waals surface area contributed by atoms with Crippen LogP contribution in [-0.4, -0.2) is 40.3 Å². The topological polar surface area (TPSA) is 60.8 Å². The Morgan fingerprint density at radius 3 is 2.83 bits per heavy atom. The Morgan fingerprint density at radius 1 is 1.33 bits per heavy atom. The molecule has 1 aliphatic heterocycles. The summed E-state index contributed by atoms with van der Waals surface area (Å²) >= 11 is 0. The largest absolute Gasteiger partial charge is 0.478 e. The second kappa shape index (κ2) is 5.98. The van der Waals surface area contributed by atoms with Crippen molar-refractivity contribution in [1.29, 1.82) is 0 Å². The third-order valence-electron chi connectivity index (χ3n) is 3.58. The van der Waals surface area contributed by atoms with E-state index in [1.165, 1.54) is 0 Å². The molecule has 1 atom stereocenters. The number of piperidine rings is 1. The summed E-state index contributed by atoms with van der Waals surface area (Å²) in [6, 6.07) is 7.26. The van der Waals surface area contributed by atoms with Crippen molar-refractivity contribution < 1.29 is 15.0 Å². The molecule has 4 nitrogen and oxygen atoms in total. The van der Waals surface area contributed by atoms with Crippen LogP contribution in [0.15, 0.2) is 24.3 Å². The van der Waals surface area contributed by atoms with Gasteiger partial charge < -0.3 is 10.2 Å². The lowest BCUT2D eigenvalue weighted by molar-refractivity contribution is 0.0684. The lowest BCUT2D eigenvalue weighted by Gasteiger charge is -2.34. The molecule has 2 N–H and O–H groups in total. The molecule has 18 heavy (non-hydrogen) atoms. The van der Waals surface area contributed by atoms with E-state index in [9.17, 15) is 9.90 Å². The van der Waals surface area contributed by atoms with Gasteiger partial charge in [0.05, 0.1) is 12.2 Å². The second-order valence-electron chi connectivity index (χ2n) is 4.76. The number of hydrogen-bond acceptors (Lipinski definition) is 3. The zero-order chi connectivity index (χ0) is 13.0. The van der Waals surface area contributed by atoms with E-state index in [1.54, 1.807) is 12.1 Å². The van der Waals surface area contributed by atoms with Gasteiger partial charge in [0.25, 0.3) is 0 Å². The summed E-state index contributed by atoms with van der Waals surface area (Å²) < 4.78 is 0. The Morgan fingerprint density at radius 2 is 2.11 bits per heavy atom. The highest BCUT2D eigenvalue weighted by Gasteiger charge is 2.23. The van der Waals surface area contributed by atoms with E-state index in [0.29, 0.717) is 12.1 Å². The van der Waals surface area contributed by atoms with E-state index >= 15 is 0 Å². The van der Waals surface area contributed by atoms with Crippen molar-refractivity contribution in [3.8, 4) is 0 Å². The maximum Gasteiger partial charge on any atom is 0.336 e. The average molecular weight is 249 g/mol. The first kappa shape index (κ1) is 13.1. The van der Waals surface area contributed by atoms with Gasteiger partial charge in [0.1, 0.15) is 0 Å². The lowest BCUT2D eigenvalue weighted by atomic mass is 10.0. The average Bonchev–Trinajstić information content (AvgIpc) is 2.40. The van der Waals surface area contributed by atoms with Crippen LogP contribution in [-0.2, 0) is 6.54 Å². The molecular weight excluding hydrogens is 230 g/mol. The molecule has 1 aliphatic rings. The number of nitrogens with zero attached hydrogens (tertiary/aromatic N) is 1. The van der Waals surface area contributed by atoms with Crippen LogP contribution in [0, 0.1) is 0 Å². The predicted molar refractivity (Wildman–Crippen MR) is 68.5 cm³/mol. The summed E-state index contributed by atoms with van der Waals surface area (Å²) in [5.74, 6) is -0.886. The van der Waals surface area contributed by atoms with Crippen LogP contribution in [0.4, 0.5) is 0 Å². The Hall–Kier alpha value is -1.39. The number of aliphatic hydroxyl groups is 1. The monoisotopic (exact) mass is 249 g/mol. The van der Waals surface area contributed by atoms with Crippen molar-refractivity contribution >= 4 is 5.97 Å². The maximum absolute atomic E-state index is 11.1. The van der Waals surface area contributed by atoms with Gasteiger partial charge in [0.2, 0.25) is 0 Å². The molecule has 0 spiro atoms. The van der Waals surface area contributed by atoms with Crippen molar-refractivity contribution in [2.75, 3.05) is 13.2 Å². The number of aromatic carboxylic acids is 1. The quantitative estimate of drug-likeness (QED) is 0.853. The molecule has 1 unspecified atom stereocenters. The van der Waals surface area contributed by atoms with E-state index in [2.05, 4.69) is 4.90 Å². The number of aliphatic hydroxyl groups excluding tert-OH is 1. The Bertz CT molecular complexity index is 419. The lowest BCUT2D eigenvalue weighted by Crippen LogP contribution is -2.41. The molecule has 1 fully saturated rings. The van der Waals surface area contributed by atoms with E-state index in [1.807, 2.05) is 12.1 Å². The van der Waals surface area contributed by atoms with Crippen molar-refractivity contribution in [3.63, 3.8) is 0 Å². The van der Waals surface area contributed by atoms with Gasteiger partial charge in [-0.2, -0.15) is 0 Å². The van der Waals surface area contributed by atoms with Crippen molar-refractivity contribution in [1.82, 2.24) is 4.90 Å². The summed E-state index contributed by atoms with van der Waals surface area (Å²) in [4.78, 5) is 13.3. The first-order valence-electron chi connectivity index (χ1n) is 6.38. The fourth-order valence-corrected chi connectivity index (χ4v) is 2.56. The Labute approximate surface area is 107 Å². The van der Waals surface area contributed by atoms with Crippen molar-refractivity contribution in [3.05, 3.63) is 35.4 Å². The number of hydrogen-bond donors (Lipinski definition) is 2. The van der Waals surface area contributed by atoms with Crippen LogP contribution in [0.1, 0.15) is 35.2 Å². The molecule has 1 aromatic carbocycles. The molecule has 0 amide bonds. The summed E-state index contributed by atoms with van der Waals surface area (Å²) in [6.07, 6.45) is 3.25. The molecule has 0 aromatic heterocycles. The van der Waals surface area contributed by atoms with E-state index in [-0.39, 0.29) is 12.6 Å². The number of rotatable bonds is 4. The predicted octanol–water partition coefficient (Wildman–Crippen LogP) is 1.73. The number of likely N-dealkylation sites (tertiary alicyclic amines) is 1. The van der Waals surface area contributed by atoms with Gasteiger partial charge in [0.15, 0.2) is 0 Å². The minimum atomic E-state index is -0.886. The highest BCUT2D eigenvalue weighted by molar-refractivity contribution is 5.89. The summed E-state index contributed by atoms with van der Waals surface area (Å²) in [5, 5.41) is 18.5. The van der Waals surface area contributed by atoms with Gasteiger partial charge in [-0.3, -0.25) is 4.90 Å². The number of carbonyl (C=O) groups is 1. The Balaban J connectivity index is 2.15. The third kappa shape index (κ3) is 2.89. The molecular formula is C14H19NO3. The SMILES string of the molecule is O=C(O)c1ccccc1CN1CCCCC1CO. The van der Waals surface area contributed by atoms with Crippen LogP contribution in [0.3, 0.4) is 0 Å². The molecule has 0 aliphatic carbocycles. The zero-order valence-electron chi connectivity index (χ0n) is 10.4. The Kier molecular flexibility index (Phi) is 4.33. The second-order valence-corrected chi connectivity index (χ2v) is 4.76. The minimum absolute atomic E-state index is 0.148. The summed E-state index contributed by atoms with van der Waals surface area (Å²) in [7, 11) is 0. The van der Waals surface area contributed by atoms with Gasteiger partial charge >= 0.3 is 5.97 Å². The smallest absolute Gasteiger partial charge is 0.336 e. The normalized spacial score (nSPS) is 20.8. The standard InChI is InChI=1S/C14H19NO3/c16-10-12-6-3-4-8-15(12)9-11-5-1-2-7-13(11)14(17)18/h1-2,5,7,12,16H,3-4,6,8-10H2,(H,17,18). The molecule has 1 saturated heterocycles. The van der Waals surface area contributed by atoms with Gasteiger partial charge in [-0.05, 0) is 31.0 Å². The van der Waals surface area contributed by atoms with E-state index < -0.39 is 5.97 Å². The molecule has 1 aromatic rings.